The lowest BCUT2D eigenvalue weighted by Crippen LogP contribution is -2.29. The maximum atomic E-state index is 6.12. The third-order valence-corrected chi connectivity index (χ3v) is 4.25. The molecule has 3 aromatic rings. The lowest BCUT2D eigenvalue weighted by Gasteiger charge is -2.22. The number of piperidine rings is 1. The zero-order valence-electron chi connectivity index (χ0n) is 12.5. The molecule has 1 aliphatic rings. The number of aromatic nitrogens is 5. The molecule has 22 heavy (non-hydrogen) atoms. The summed E-state index contributed by atoms with van der Waals surface area (Å²) >= 11 is 0. The first-order valence-electron chi connectivity index (χ1n) is 7.55. The number of aryl methyl sites for hydroxylation is 1. The predicted octanol–water partition coefficient (Wildman–Crippen LogP) is 1.18. The highest BCUT2D eigenvalue weighted by molar-refractivity contribution is 5.68. The Morgan fingerprint density at radius 3 is 2.95 bits per heavy atom. The molecule has 1 atom stereocenters. The molecule has 0 aliphatic carbocycles. The predicted molar refractivity (Wildman–Crippen MR) is 84.4 cm³/mol. The largest absolute Gasteiger partial charge is 0.381 e. The molecule has 1 fully saturated rings. The third kappa shape index (κ3) is 2.14. The van der Waals surface area contributed by atoms with E-state index in [1.165, 1.54) is 6.42 Å². The summed E-state index contributed by atoms with van der Waals surface area (Å²) in [5.74, 6) is 0.891. The molecular formula is C15H19N7. The molecule has 3 aromatic heterocycles. The van der Waals surface area contributed by atoms with Crippen LogP contribution in [0.5, 0.6) is 0 Å². The minimum absolute atomic E-state index is 0.407. The molecule has 0 amide bonds. The molecule has 0 saturated carbocycles. The fourth-order valence-corrected chi connectivity index (χ4v) is 3.10. The number of imidazole rings is 1. The van der Waals surface area contributed by atoms with E-state index in [1.54, 1.807) is 4.68 Å². The molecule has 7 nitrogen and oxygen atoms in total. The van der Waals surface area contributed by atoms with Crippen LogP contribution < -0.4 is 11.1 Å². The van der Waals surface area contributed by atoms with E-state index in [9.17, 15) is 0 Å². The molecule has 0 spiro atoms. The Bertz CT molecular complexity index is 811. The molecule has 3 N–H and O–H groups in total. The first kappa shape index (κ1) is 13.3. The summed E-state index contributed by atoms with van der Waals surface area (Å²) in [6.45, 7) is 2.04. The highest BCUT2D eigenvalue weighted by atomic mass is 15.2. The van der Waals surface area contributed by atoms with Gasteiger partial charge in [-0.05, 0) is 19.4 Å². The molecule has 4 rings (SSSR count). The number of fused-ring (bicyclic) bond motifs is 1. The van der Waals surface area contributed by atoms with E-state index in [0.29, 0.717) is 17.4 Å². The Kier molecular flexibility index (Phi) is 3.07. The Hall–Kier alpha value is -2.41. The van der Waals surface area contributed by atoms with Crippen LogP contribution in [0.2, 0.25) is 0 Å². The smallest absolute Gasteiger partial charge is 0.180 e. The highest BCUT2D eigenvalue weighted by Gasteiger charge is 2.19. The van der Waals surface area contributed by atoms with Gasteiger partial charge in [0.25, 0.3) is 0 Å². The second-order valence-electron chi connectivity index (χ2n) is 5.83. The number of hydrogen-bond acceptors (Lipinski definition) is 5. The van der Waals surface area contributed by atoms with Crippen molar-refractivity contribution in [2.45, 2.75) is 18.8 Å². The van der Waals surface area contributed by atoms with Gasteiger partial charge in [-0.2, -0.15) is 5.10 Å². The van der Waals surface area contributed by atoms with Crippen LogP contribution in [-0.4, -0.2) is 37.2 Å². The summed E-state index contributed by atoms with van der Waals surface area (Å²) in [5, 5.41) is 7.66. The van der Waals surface area contributed by atoms with Crippen molar-refractivity contribution in [1.82, 2.24) is 29.5 Å². The van der Waals surface area contributed by atoms with Gasteiger partial charge in [-0.25, -0.2) is 9.97 Å². The van der Waals surface area contributed by atoms with Crippen molar-refractivity contribution in [3.05, 3.63) is 30.5 Å². The molecule has 0 aromatic carbocycles. The average molecular weight is 297 g/mol. The van der Waals surface area contributed by atoms with Crippen LogP contribution in [0.3, 0.4) is 0 Å². The standard InChI is InChI=1S/C15H19N7/c1-21-8-11(6-19-21)13-7-18-15-14(16)20-12(9-22(13)15)10-3-2-4-17-5-10/h6-10,17H,2-5H2,1H3,(H2,16,20). The van der Waals surface area contributed by atoms with Gasteiger partial charge in [0, 0.05) is 37.5 Å². The van der Waals surface area contributed by atoms with E-state index in [-0.39, 0.29) is 0 Å². The van der Waals surface area contributed by atoms with Gasteiger partial charge < -0.3 is 11.1 Å². The van der Waals surface area contributed by atoms with E-state index in [1.807, 2.05) is 30.0 Å². The maximum Gasteiger partial charge on any atom is 0.180 e. The Morgan fingerprint density at radius 2 is 2.23 bits per heavy atom. The molecule has 4 heterocycles. The van der Waals surface area contributed by atoms with Crippen LogP contribution in [0, 0.1) is 0 Å². The lowest BCUT2D eigenvalue weighted by molar-refractivity contribution is 0.454. The van der Waals surface area contributed by atoms with Crippen molar-refractivity contribution in [3.8, 4) is 11.3 Å². The van der Waals surface area contributed by atoms with Gasteiger partial charge in [-0.1, -0.05) is 0 Å². The Labute approximate surface area is 128 Å². The second-order valence-corrected chi connectivity index (χ2v) is 5.83. The SMILES string of the molecule is Cn1cc(-c2cnc3c(N)nc(C4CCCNC4)cn23)cn1. The van der Waals surface area contributed by atoms with E-state index in [4.69, 9.17) is 5.73 Å². The van der Waals surface area contributed by atoms with E-state index >= 15 is 0 Å². The Balaban J connectivity index is 1.84. The average Bonchev–Trinajstić information content (AvgIpc) is 3.14. The summed E-state index contributed by atoms with van der Waals surface area (Å²) in [6, 6.07) is 0. The summed E-state index contributed by atoms with van der Waals surface area (Å²) in [4.78, 5) is 8.98. The number of anilines is 1. The minimum Gasteiger partial charge on any atom is -0.381 e. The van der Waals surface area contributed by atoms with Gasteiger partial charge in [-0.3, -0.25) is 9.08 Å². The third-order valence-electron chi connectivity index (χ3n) is 4.25. The Morgan fingerprint density at radius 1 is 1.32 bits per heavy atom. The maximum absolute atomic E-state index is 6.12. The van der Waals surface area contributed by atoms with Crippen molar-refractivity contribution >= 4 is 11.5 Å². The first-order valence-corrected chi connectivity index (χ1v) is 7.55. The topological polar surface area (TPSA) is 86.1 Å². The second kappa shape index (κ2) is 5.10. The van der Waals surface area contributed by atoms with Gasteiger partial charge in [0.15, 0.2) is 11.5 Å². The number of nitrogens with one attached hydrogen (secondary N) is 1. The van der Waals surface area contributed by atoms with E-state index < -0.39 is 0 Å². The van der Waals surface area contributed by atoms with Crippen molar-refractivity contribution in [3.63, 3.8) is 0 Å². The fraction of sp³-hybridized carbons (Fsp3) is 0.400. The monoisotopic (exact) mass is 297 g/mol. The van der Waals surface area contributed by atoms with Crippen LogP contribution in [0.25, 0.3) is 16.9 Å². The van der Waals surface area contributed by atoms with Crippen molar-refractivity contribution in [1.29, 1.82) is 0 Å². The van der Waals surface area contributed by atoms with Gasteiger partial charge in [0.05, 0.1) is 23.8 Å². The van der Waals surface area contributed by atoms with Crippen LogP contribution in [0.4, 0.5) is 5.82 Å². The number of nitrogens with two attached hydrogens (primary N) is 1. The quantitative estimate of drug-likeness (QED) is 0.742. The molecule has 0 bridgehead atoms. The summed E-state index contributed by atoms with van der Waals surface area (Å²) in [6.07, 6.45) is 10.0. The first-order chi connectivity index (χ1) is 10.7. The molecule has 7 heteroatoms. The molecule has 1 saturated heterocycles. The van der Waals surface area contributed by atoms with Crippen molar-refractivity contribution in [2.75, 3.05) is 18.8 Å². The summed E-state index contributed by atoms with van der Waals surface area (Å²) in [7, 11) is 1.90. The van der Waals surface area contributed by atoms with Crippen LogP contribution in [0.15, 0.2) is 24.8 Å². The van der Waals surface area contributed by atoms with Gasteiger partial charge in [-0.15, -0.1) is 0 Å². The number of nitrogen functional groups attached to an aromatic ring is 1. The van der Waals surface area contributed by atoms with E-state index in [2.05, 4.69) is 26.6 Å². The van der Waals surface area contributed by atoms with Gasteiger partial charge in [0.1, 0.15) is 0 Å². The van der Waals surface area contributed by atoms with E-state index in [0.717, 1.165) is 36.5 Å². The van der Waals surface area contributed by atoms with Crippen molar-refractivity contribution < 1.29 is 0 Å². The van der Waals surface area contributed by atoms with Crippen LogP contribution in [0.1, 0.15) is 24.5 Å². The summed E-state index contributed by atoms with van der Waals surface area (Å²) < 4.78 is 3.81. The zero-order valence-corrected chi connectivity index (χ0v) is 12.5. The highest BCUT2D eigenvalue weighted by Crippen LogP contribution is 2.27. The molecule has 114 valence electrons. The van der Waals surface area contributed by atoms with Gasteiger partial charge >= 0.3 is 0 Å². The molecule has 0 radical (unpaired) electrons. The van der Waals surface area contributed by atoms with Crippen molar-refractivity contribution in [2.24, 2.45) is 7.05 Å². The number of hydrogen-bond donors (Lipinski definition) is 2. The zero-order chi connectivity index (χ0) is 15.1. The van der Waals surface area contributed by atoms with Crippen LogP contribution in [-0.2, 0) is 7.05 Å². The minimum atomic E-state index is 0.407. The number of rotatable bonds is 2. The summed E-state index contributed by atoms with van der Waals surface area (Å²) in [5.41, 5.74) is 9.86. The normalized spacial score (nSPS) is 18.9. The lowest BCUT2D eigenvalue weighted by atomic mass is 9.96. The number of nitrogens with zero attached hydrogens (tertiary/aromatic N) is 5. The molecule has 1 unspecified atom stereocenters. The molecule has 1 aliphatic heterocycles. The van der Waals surface area contributed by atoms with Crippen LogP contribution >= 0.6 is 0 Å². The van der Waals surface area contributed by atoms with Gasteiger partial charge in [0.2, 0.25) is 0 Å². The fourth-order valence-electron chi connectivity index (χ4n) is 3.10. The molecular weight excluding hydrogens is 278 g/mol.